The highest BCUT2D eigenvalue weighted by atomic mass is 32.1. The summed E-state index contributed by atoms with van der Waals surface area (Å²) in [7, 11) is 0. The van der Waals surface area contributed by atoms with Crippen molar-refractivity contribution in [2.75, 3.05) is 0 Å². The first kappa shape index (κ1) is 11.6. The molecule has 19 heavy (non-hydrogen) atoms. The molecular formula is C15H14N2S2. The Morgan fingerprint density at radius 1 is 1.26 bits per heavy atom. The van der Waals surface area contributed by atoms with Gasteiger partial charge in [-0.25, -0.2) is 4.98 Å². The first-order valence-corrected chi connectivity index (χ1v) is 8.24. The van der Waals surface area contributed by atoms with Gasteiger partial charge in [0, 0.05) is 31.9 Å². The second kappa shape index (κ2) is 4.40. The van der Waals surface area contributed by atoms with E-state index in [9.17, 15) is 0 Å². The molecule has 2 heterocycles. The molecule has 0 saturated carbocycles. The zero-order valence-corrected chi connectivity index (χ0v) is 12.1. The molecule has 1 unspecified atom stereocenters. The number of nitrogens with two attached hydrogens (primary N) is 1. The van der Waals surface area contributed by atoms with Crippen LogP contribution in [0.5, 0.6) is 0 Å². The standard InChI is InChI=1S/C15H14N2S2/c16-11-5-3-6-12-14(11)19-15(17-12)10-8-18-13-7-2-1-4-9(10)13/h1-2,4,7-8,11H,3,5-6,16H2. The number of aromatic nitrogens is 1. The predicted octanol–water partition coefficient (Wildman–Crippen LogP) is 4.36. The molecule has 1 atom stereocenters. The number of thiazole rings is 1. The third-order valence-electron chi connectivity index (χ3n) is 3.70. The van der Waals surface area contributed by atoms with Crippen molar-refractivity contribution in [2.45, 2.75) is 25.3 Å². The van der Waals surface area contributed by atoms with Crippen LogP contribution in [0.2, 0.25) is 0 Å². The molecule has 1 aliphatic rings. The fourth-order valence-corrected chi connectivity index (χ4v) is 4.91. The lowest BCUT2D eigenvalue weighted by Crippen LogP contribution is -2.15. The molecule has 0 radical (unpaired) electrons. The summed E-state index contributed by atoms with van der Waals surface area (Å²) in [5.74, 6) is 0. The van der Waals surface area contributed by atoms with Crippen LogP contribution in [-0.2, 0) is 6.42 Å². The molecule has 0 bridgehead atoms. The highest BCUT2D eigenvalue weighted by Gasteiger charge is 2.22. The molecule has 2 nitrogen and oxygen atoms in total. The van der Waals surface area contributed by atoms with Crippen molar-refractivity contribution in [3.8, 4) is 10.6 Å². The lowest BCUT2D eigenvalue weighted by Gasteiger charge is -2.15. The first-order chi connectivity index (χ1) is 9.33. The Hall–Kier alpha value is -1.23. The van der Waals surface area contributed by atoms with Crippen LogP contribution < -0.4 is 5.73 Å². The van der Waals surface area contributed by atoms with Crippen molar-refractivity contribution in [3.63, 3.8) is 0 Å². The zero-order valence-electron chi connectivity index (χ0n) is 10.4. The van der Waals surface area contributed by atoms with Crippen molar-refractivity contribution in [1.82, 2.24) is 4.98 Å². The number of thiophene rings is 1. The summed E-state index contributed by atoms with van der Waals surface area (Å²) in [6.45, 7) is 0. The highest BCUT2D eigenvalue weighted by molar-refractivity contribution is 7.19. The van der Waals surface area contributed by atoms with Gasteiger partial charge in [-0.2, -0.15) is 0 Å². The Balaban J connectivity index is 1.89. The summed E-state index contributed by atoms with van der Waals surface area (Å²) < 4.78 is 1.33. The van der Waals surface area contributed by atoms with Crippen LogP contribution in [0.1, 0.15) is 29.5 Å². The Kier molecular flexibility index (Phi) is 2.69. The predicted molar refractivity (Wildman–Crippen MR) is 82.8 cm³/mol. The van der Waals surface area contributed by atoms with Crippen molar-refractivity contribution in [1.29, 1.82) is 0 Å². The molecular weight excluding hydrogens is 272 g/mol. The third-order valence-corrected chi connectivity index (χ3v) is 5.93. The van der Waals surface area contributed by atoms with Crippen LogP contribution in [0.25, 0.3) is 20.7 Å². The number of aryl methyl sites for hydroxylation is 1. The molecule has 0 aliphatic heterocycles. The zero-order chi connectivity index (χ0) is 12.8. The van der Waals surface area contributed by atoms with E-state index >= 15 is 0 Å². The van der Waals surface area contributed by atoms with E-state index in [0.717, 1.165) is 17.8 Å². The van der Waals surface area contributed by atoms with E-state index in [1.54, 1.807) is 22.7 Å². The van der Waals surface area contributed by atoms with E-state index in [-0.39, 0.29) is 6.04 Å². The largest absolute Gasteiger partial charge is 0.323 e. The van der Waals surface area contributed by atoms with Gasteiger partial charge < -0.3 is 5.73 Å². The number of hydrogen-bond acceptors (Lipinski definition) is 4. The lowest BCUT2D eigenvalue weighted by atomic mass is 9.99. The van der Waals surface area contributed by atoms with E-state index < -0.39 is 0 Å². The Morgan fingerprint density at radius 2 is 2.16 bits per heavy atom. The molecule has 96 valence electrons. The van der Waals surface area contributed by atoms with E-state index in [4.69, 9.17) is 10.7 Å². The maximum Gasteiger partial charge on any atom is 0.125 e. The fourth-order valence-electron chi connectivity index (χ4n) is 2.71. The summed E-state index contributed by atoms with van der Waals surface area (Å²) in [5, 5.41) is 4.67. The number of benzene rings is 1. The highest BCUT2D eigenvalue weighted by Crippen LogP contribution is 2.40. The molecule has 2 N–H and O–H groups in total. The maximum absolute atomic E-state index is 6.20. The molecule has 0 fully saturated rings. The van der Waals surface area contributed by atoms with Crippen LogP contribution in [0.3, 0.4) is 0 Å². The number of nitrogens with zero attached hydrogens (tertiary/aromatic N) is 1. The van der Waals surface area contributed by atoms with Gasteiger partial charge in [-0.05, 0) is 25.3 Å². The van der Waals surface area contributed by atoms with Gasteiger partial charge in [0.25, 0.3) is 0 Å². The molecule has 0 amide bonds. The minimum atomic E-state index is 0.194. The molecule has 4 rings (SSSR count). The van der Waals surface area contributed by atoms with Crippen LogP contribution in [0.15, 0.2) is 29.6 Å². The Morgan fingerprint density at radius 3 is 3.05 bits per heavy atom. The first-order valence-electron chi connectivity index (χ1n) is 6.55. The molecule has 4 heteroatoms. The fraction of sp³-hybridized carbons (Fsp3) is 0.267. The van der Waals surface area contributed by atoms with Gasteiger partial charge in [-0.1, -0.05) is 18.2 Å². The molecule has 2 aromatic heterocycles. The smallest absolute Gasteiger partial charge is 0.125 e. The average molecular weight is 286 g/mol. The van der Waals surface area contributed by atoms with E-state index in [2.05, 4.69) is 29.6 Å². The molecule has 0 spiro atoms. The molecule has 1 aromatic carbocycles. The number of hydrogen-bond donors (Lipinski definition) is 1. The van der Waals surface area contributed by atoms with Gasteiger partial charge >= 0.3 is 0 Å². The van der Waals surface area contributed by atoms with Gasteiger partial charge in [0.2, 0.25) is 0 Å². The van der Waals surface area contributed by atoms with E-state index in [1.165, 1.54) is 32.6 Å². The van der Waals surface area contributed by atoms with E-state index in [1.807, 2.05) is 0 Å². The Bertz CT molecular complexity index is 742. The topological polar surface area (TPSA) is 38.9 Å². The lowest BCUT2D eigenvalue weighted by molar-refractivity contribution is 0.573. The van der Waals surface area contributed by atoms with Crippen LogP contribution in [0, 0.1) is 0 Å². The van der Waals surface area contributed by atoms with Crippen LogP contribution in [0.4, 0.5) is 0 Å². The second-order valence-corrected chi connectivity index (χ2v) is 6.92. The Labute approximate surface area is 119 Å². The summed E-state index contributed by atoms with van der Waals surface area (Å²) in [6.07, 6.45) is 3.35. The summed E-state index contributed by atoms with van der Waals surface area (Å²) in [5.41, 5.74) is 8.70. The average Bonchev–Trinajstić information content (AvgIpc) is 3.02. The number of fused-ring (bicyclic) bond motifs is 2. The third kappa shape index (κ3) is 1.83. The second-order valence-electron chi connectivity index (χ2n) is 4.97. The van der Waals surface area contributed by atoms with Gasteiger partial charge in [-0.15, -0.1) is 22.7 Å². The summed E-state index contributed by atoms with van der Waals surface area (Å²) in [4.78, 5) is 6.14. The molecule has 1 aliphatic carbocycles. The van der Waals surface area contributed by atoms with Gasteiger partial charge in [0.05, 0.1) is 5.69 Å². The van der Waals surface area contributed by atoms with Crippen molar-refractivity contribution in [2.24, 2.45) is 5.73 Å². The monoisotopic (exact) mass is 286 g/mol. The molecule has 3 aromatic rings. The summed E-state index contributed by atoms with van der Waals surface area (Å²) in [6, 6.07) is 8.73. The minimum absolute atomic E-state index is 0.194. The maximum atomic E-state index is 6.20. The molecule has 0 saturated heterocycles. The normalized spacial score (nSPS) is 18.7. The van der Waals surface area contributed by atoms with Crippen LogP contribution in [-0.4, -0.2) is 4.98 Å². The van der Waals surface area contributed by atoms with Crippen molar-refractivity contribution < 1.29 is 0 Å². The van der Waals surface area contributed by atoms with Crippen molar-refractivity contribution >= 4 is 32.8 Å². The quantitative estimate of drug-likeness (QED) is 0.722. The van der Waals surface area contributed by atoms with Crippen LogP contribution >= 0.6 is 22.7 Å². The summed E-state index contributed by atoms with van der Waals surface area (Å²) >= 11 is 3.58. The van der Waals surface area contributed by atoms with E-state index in [0.29, 0.717) is 0 Å². The SMILES string of the molecule is NC1CCCc2nc(-c3csc4ccccc34)sc21. The van der Waals surface area contributed by atoms with Gasteiger partial charge in [0.15, 0.2) is 0 Å². The number of rotatable bonds is 1. The van der Waals surface area contributed by atoms with Crippen molar-refractivity contribution in [3.05, 3.63) is 40.2 Å². The van der Waals surface area contributed by atoms with Gasteiger partial charge in [0.1, 0.15) is 5.01 Å². The van der Waals surface area contributed by atoms with Gasteiger partial charge in [-0.3, -0.25) is 0 Å². The minimum Gasteiger partial charge on any atom is -0.323 e.